The number of halogens is 1. The Morgan fingerprint density at radius 3 is 2.74 bits per heavy atom. The third-order valence-electron chi connectivity index (χ3n) is 3.83. The first-order valence-corrected chi connectivity index (χ1v) is 7.81. The number of hydrogen-bond acceptors (Lipinski definition) is 6. The molecule has 0 aromatic carbocycles. The van der Waals surface area contributed by atoms with Crippen molar-refractivity contribution in [3.63, 3.8) is 0 Å². The first-order valence-electron chi connectivity index (χ1n) is 7.43. The molecule has 4 rings (SSSR count). The molecule has 6 nitrogen and oxygen atoms in total. The first-order chi connectivity index (χ1) is 11.2. The third kappa shape index (κ3) is 2.75. The van der Waals surface area contributed by atoms with Gasteiger partial charge in [-0.2, -0.15) is 4.98 Å². The van der Waals surface area contributed by atoms with E-state index in [2.05, 4.69) is 19.9 Å². The summed E-state index contributed by atoms with van der Waals surface area (Å²) in [4.78, 5) is 15.4. The Morgan fingerprint density at radius 1 is 1.17 bits per heavy atom. The lowest BCUT2D eigenvalue weighted by molar-refractivity contribution is 0.122. The highest BCUT2D eigenvalue weighted by atomic mass is 35.5. The van der Waals surface area contributed by atoms with Gasteiger partial charge in [-0.1, -0.05) is 0 Å². The van der Waals surface area contributed by atoms with Crippen molar-refractivity contribution < 1.29 is 9.15 Å². The highest BCUT2D eigenvalue weighted by molar-refractivity contribution is 6.28. The summed E-state index contributed by atoms with van der Waals surface area (Å²) in [5, 5.41) is 0.216. The number of rotatable bonds is 2. The van der Waals surface area contributed by atoms with Crippen LogP contribution >= 0.6 is 11.6 Å². The fraction of sp³-hybridized carbons (Fsp3) is 0.312. The molecule has 1 fully saturated rings. The summed E-state index contributed by atoms with van der Waals surface area (Å²) in [5.74, 6) is 2.37. The fourth-order valence-corrected chi connectivity index (χ4v) is 2.87. The minimum atomic E-state index is 0.216. The summed E-state index contributed by atoms with van der Waals surface area (Å²) in [5.41, 5.74) is 2.31. The van der Waals surface area contributed by atoms with Gasteiger partial charge in [0.05, 0.1) is 18.7 Å². The van der Waals surface area contributed by atoms with Gasteiger partial charge >= 0.3 is 0 Å². The Hall–Kier alpha value is -2.18. The SMILES string of the molecule is Cc1ccc(-c2cnc3c(N4CCOCC4)nc(Cl)nc3c2)o1. The average Bonchev–Trinajstić information content (AvgIpc) is 3.01. The fourth-order valence-electron chi connectivity index (χ4n) is 2.70. The van der Waals surface area contributed by atoms with Crippen molar-refractivity contribution >= 4 is 28.5 Å². The minimum absolute atomic E-state index is 0.216. The van der Waals surface area contributed by atoms with Crippen molar-refractivity contribution in [1.29, 1.82) is 0 Å². The maximum atomic E-state index is 6.11. The van der Waals surface area contributed by atoms with Crippen LogP contribution in [0.15, 0.2) is 28.8 Å². The second kappa shape index (κ2) is 5.79. The molecule has 0 bridgehead atoms. The lowest BCUT2D eigenvalue weighted by Gasteiger charge is -2.28. The molecule has 0 radical (unpaired) electrons. The Morgan fingerprint density at radius 2 is 2.00 bits per heavy atom. The second-order valence-corrected chi connectivity index (χ2v) is 5.76. The quantitative estimate of drug-likeness (QED) is 0.673. The highest BCUT2D eigenvalue weighted by Crippen LogP contribution is 2.28. The van der Waals surface area contributed by atoms with E-state index in [1.165, 1.54) is 0 Å². The number of hydrogen-bond donors (Lipinski definition) is 0. The lowest BCUT2D eigenvalue weighted by atomic mass is 10.2. The number of furan rings is 1. The van der Waals surface area contributed by atoms with E-state index in [-0.39, 0.29) is 5.28 Å². The molecule has 7 heteroatoms. The smallest absolute Gasteiger partial charge is 0.225 e. The van der Waals surface area contributed by atoms with Crippen LogP contribution in [0.3, 0.4) is 0 Å². The van der Waals surface area contributed by atoms with Crippen molar-refractivity contribution in [3.8, 4) is 11.3 Å². The van der Waals surface area contributed by atoms with Crippen molar-refractivity contribution in [3.05, 3.63) is 35.4 Å². The van der Waals surface area contributed by atoms with Crippen LogP contribution in [0.4, 0.5) is 5.82 Å². The van der Waals surface area contributed by atoms with Crippen LogP contribution in [0.25, 0.3) is 22.4 Å². The molecule has 0 amide bonds. The van der Waals surface area contributed by atoms with Crippen LogP contribution in [0, 0.1) is 6.92 Å². The Bertz CT molecular complexity index is 858. The topological polar surface area (TPSA) is 64.3 Å². The summed E-state index contributed by atoms with van der Waals surface area (Å²) in [7, 11) is 0. The summed E-state index contributed by atoms with van der Waals surface area (Å²) in [6.45, 7) is 4.79. The molecule has 3 aromatic rings. The van der Waals surface area contributed by atoms with Gasteiger partial charge in [0, 0.05) is 24.8 Å². The summed E-state index contributed by atoms with van der Waals surface area (Å²) in [6, 6.07) is 5.77. The molecule has 0 spiro atoms. The first kappa shape index (κ1) is 14.4. The van der Waals surface area contributed by atoms with Crippen LogP contribution in [0.5, 0.6) is 0 Å². The highest BCUT2D eigenvalue weighted by Gasteiger charge is 2.18. The van der Waals surface area contributed by atoms with Gasteiger partial charge in [-0.3, -0.25) is 0 Å². The number of aryl methyl sites for hydroxylation is 1. The lowest BCUT2D eigenvalue weighted by Crippen LogP contribution is -2.37. The van der Waals surface area contributed by atoms with Gasteiger partial charge in [-0.15, -0.1) is 0 Å². The summed E-state index contributed by atoms with van der Waals surface area (Å²) in [6.07, 6.45) is 1.78. The number of aromatic nitrogens is 3. The van der Waals surface area contributed by atoms with E-state index in [4.69, 9.17) is 20.8 Å². The summed E-state index contributed by atoms with van der Waals surface area (Å²) < 4.78 is 11.0. The molecular weight excluding hydrogens is 316 g/mol. The van der Waals surface area contributed by atoms with E-state index in [1.54, 1.807) is 6.20 Å². The predicted molar refractivity (Wildman–Crippen MR) is 87.8 cm³/mol. The molecule has 3 aromatic heterocycles. The predicted octanol–water partition coefficient (Wildman–Crippen LogP) is 3.08. The van der Waals surface area contributed by atoms with Gasteiger partial charge in [-0.05, 0) is 36.7 Å². The molecule has 1 saturated heterocycles. The third-order valence-corrected chi connectivity index (χ3v) is 3.99. The average molecular weight is 331 g/mol. The van der Waals surface area contributed by atoms with E-state index in [1.807, 2.05) is 25.1 Å². The van der Waals surface area contributed by atoms with Crippen molar-refractivity contribution in [2.75, 3.05) is 31.2 Å². The van der Waals surface area contributed by atoms with Gasteiger partial charge in [0.2, 0.25) is 5.28 Å². The van der Waals surface area contributed by atoms with Gasteiger partial charge in [0.25, 0.3) is 0 Å². The molecule has 118 valence electrons. The van der Waals surface area contributed by atoms with E-state index in [0.717, 1.165) is 41.5 Å². The monoisotopic (exact) mass is 330 g/mol. The van der Waals surface area contributed by atoms with Crippen molar-refractivity contribution in [1.82, 2.24) is 15.0 Å². The number of nitrogens with zero attached hydrogens (tertiary/aromatic N) is 4. The summed E-state index contributed by atoms with van der Waals surface area (Å²) >= 11 is 6.11. The Labute approximate surface area is 138 Å². The van der Waals surface area contributed by atoms with E-state index in [9.17, 15) is 0 Å². The van der Waals surface area contributed by atoms with Crippen LogP contribution in [-0.2, 0) is 4.74 Å². The Kier molecular flexibility index (Phi) is 3.63. The van der Waals surface area contributed by atoms with Crippen molar-refractivity contribution in [2.24, 2.45) is 0 Å². The number of fused-ring (bicyclic) bond motifs is 1. The van der Waals surface area contributed by atoms with Crippen LogP contribution < -0.4 is 4.90 Å². The number of anilines is 1. The van der Waals surface area contributed by atoms with E-state index >= 15 is 0 Å². The zero-order valence-corrected chi connectivity index (χ0v) is 13.4. The molecule has 0 unspecified atom stereocenters. The number of pyridine rings is 1. The molecule has 0 saturated carbocycles. The van der Waals surface area contributed by atoms with E-state index < -0.39 is 0 Å². The molecule has 4 heterocycles. The zero-order chi connectivity index (χ0) is 15.8. The molecule has 0 N–H and O–H groups in total. The minimum Gasteiger partial charge on any atom is -0.461 e. The molecule has 1 aliphatic rings. The number of morpholine rings is 1. The standard InChI is InChI=1S/C16H15ClN4O2/c1-10-2-3-13(23-10)11-8-12-14(18-9-11)15(20-16(17)19-12)21-4-6-22-7-5-21/h2-3,8-9H,4-7H2,1H3. The molecule has 1 aliphatic heterocycles. The van der Waals surface area contributed by atoms with Gasteiger partial charge in [0.15, 0.2) is 5.82 Å². The van der Waals surface area contributed by atoms with Gasteiger partial charge in [0.1, 0.15) is 17.0 Å². The molecule has 0 atom stereocenters. The van der Waals surface area contributed by atoms with Gasteiger partial charge in [-0.25, -0.2) is 9.97 Å². The molecule has 0 aliphatic carbocycles. The maximum absolute atomic E-state index is 6.11. The van der Waals surface area contributed by atoms with Gasteiger partial charge < -0.3 is 14.1 Å². The molecular formula is C16H15ClN4O2. The Balaban J connectivity index is 1.82. The zero-order valence-electron chi connectivity index (χ0n) is 12.6. The van der Waals surface area contributed by atoms with Crippen LogP contribution in [-0.4, -0.2) is 41.3 Å². The number of ether oxygens (including phenoxy) is 1. The molecule has 23 heavy (non-hydrogen) atoms. The largest absolute Gasteiger partial charge is 0.461 e. The second-order valence-electron chi connectivity index (χ2n) is 5.42. The van der Waals surface area contributed by atoms with E-state index in [0.29, 0.717) is 18.7 Å². The van der Waals surface area contributed by atoms with Crippen LogP contribution in [0.2, 0.25) is 5.28 Å². The maximum Gasteiger partial charge on any atom is 0.225 e. The van der Waals surface area contributed by atoms with Crippen LogP contribution in [0.1, 0.15) is 5.76 Å². The van der Waals surface area contributed by atoms with Crippen molar-refractivity contribution in [2.45, 2.75) is 6.92 Å². The normalized spacial score (nSPS) is 15.3.